The second kappa shape index (κ2) is 4.07. The lowest BCUT2D eigenvalue weighted by molar-refractivity contribution is 0.199. The molecule has 0 radical (unpaired) electrons. The minimum atomic E-state index is -0.469. The maximum absolute atomic E-state index is 9.67. The number of aliphatic hydroxyl groups excluding tert-OH is 1. The van der Waals surface area contributed by atoms with Crippen LogP contribution in [0.3, 0.4) is 0 Å². The van der Waals surface area contributed by atoms with Crippen LogP contribution in [0.5, 0.6) is 0 Å². The van der Waals surface area contributed by atoms with Crippen LogP contribution >= 0.6 is 0 Å². The lowest BCUT2D eigenvalue weighted by Gasteiger charge is -2.04. The monoisotopic (exact) mass is 241 g/mol. The van der Waals surface area contributed by atoms with E-state index in [0.717, 1.165) is 34.4 Å². The normalized spacial score (nSPS) is 16.3. The van der Waals surface area contributed by atoms with Crippen molar-refractivity contribution < 1.29 is 5.11 Å². The molecule has 3 rings (SSSR count). The molecule has 1 N–H and O–H groups in total. The zero-order valence-corrected chi connectivity index (χ0v) is 10.5. The van der Waals surface area contributed by atoms with Gasteiger partial charge in [0.15, 0.2) is 0 Å². The van der Waals surface area contributed by atoms with E-state index in [4.69, 9.17) is 0 Å². The smallest absolute Gasteiger partial charge is 0.118 e. The summed E-state index contributed by atoms with van der Waals surface area (Å²) in [6.45, 7) is 2.49. The number of benzene rings is 1. The van der Waals surface area contributed by atoms with Crippen molar-refractivity contribution in [1.29, 1.82) is 0 Å². The van der Waals surface area contributed by atoms with E-state index in [2.05, 4.69) is 10.1 Å². The maximum atomic E-state index is 9.67. The van der Waals surface area contributed by atoms with E-state index in [1.165, 1.54) is 0 Å². The van der Waals surface area contributed by atoms with Gasteiger partial charge in [-0.25, -0.2) is 0 Å². The lowest BCUT2D eigenvalue weighted by Crippen LogP contribution is -1.98. The molecule has 18 heavy (non-hydrogen) atoms. The number of hydrogen-bond donors (Lipinski definition) is 1. The highest BCUT2D eigenvalue weighted by Crippen LogP contribution is 2.24. The first-order chi connectivity index (χ1) is 8.66. The number of aromatic nitrogens is 2. The van der Waals surface area contributed by atoms with Gasteiger partial charge in [0, 0.05) is 12.4 Å². The Morgan fingerprint density at radius 3 is 2.89 bits per heavy atom. The predicted octanol–water partition coefficient (Wildman–Crippen LogP) is 1.99. The number of rotatable bonds is 2. The Labute approximate surface area is 105 Å². The van der Waals surface area contributed by atoms with E-state index < -0.39 is 6.10 Å². The van der Waals surface area contributed by atoms with Crippen molar-refractivity contribution in [3.05, 3.63) is 41.6 Å². The Hall–Kier alpha value is -1.94. The zero-order valence-electron chi connectivity index (χ0n) is 10.5. The number of aliphatic hydroxyl groups is 1. The van der Waals surface area contributed by atoms with Crippen LogP contribution in [0.1, 0.15) is 24.3 Å². The molecule has 1 atom stereocenters. The molecule has 0 bridgehead atoms. The predicted molar refractivity (Wildman–Crippen MR) is 71.9 cm³/mol. The maximum Gasteiger partial charge on any atom is 0.118 e. The largest absolute Gasteiger partial charge is 0.389 e. The molecule has 4 nitrogen and oxygen atoms in total. The van der Waals surface area contributed by atoms with Crippen molar-refractivity contribution in [3.63, 3.8) is 0 Å². The molecular weight excluding hydrogens is 226 g/mol. The zero-order chi connectivity index (χ0) is 12.7. The Balaban J connectivity index is 2.25. The second-order valence-corrected chi connectivity index (χ2v) is 4.55. The van der Waals surface area contributed by atoms with Crippen LogP contribution in [0.4, 0.5) is 0 Å². The van der Waals surface area contributed by atoms with Gasteiger partial charge in [0.2, 0.25) is 0 Å². The first kappa shape index (κ1) is 11.2. The summed E-state index contributed by atoms with van der Waals surface area (Å²) in [7, 11) is 1.92. The first-order valence-corrected chi connectivity index (χ1v) is 6.03. The van der Waals surface area contributed by atoms with E-state index in [-0.39, 0.29) is 0 Å². The fraction of sp³-hybridized carbons (Fsp3) is 0.286. The number of aliphatic imine (C=N–C) groups is 1. The molecule has 0 saturated carbocycles. The lowest BCUT2D eigenvalue weighted by atomic mass is 10.1. The summed E-state index contributed by atoms with van der Waals surface area (Å²) < 4.78 is 1.85. The van der Waals surface area contributed by atoms with E-state index >= 15 is 0 Å². The minimum absolute atomic E-state index is 0.469. The summed E-state index contributed by atoms with van der Waals surface area (Å²) in [6, 6.07) is 5.93. The molecule has 1 aliphatic heterocycles. The molecule has 92 valence electrons. The van der Waals surface area contributed by atoms with Gasteiger partial charge < -0.3 is 5.11 Å². The third-order valence-corrected chi connectivity index (χ3v) is 3.24. The molecule has 0 spiro atoms. The quantitative estimate of drug-likeness (QED) is 0.874. The topological polar surface area (TPSA) is 50.4 Å². The standard InChI is InChI=1S/C14H15N3O/c1-9(18)10-5-6-13-11(8-10)14(16-17(13)2)12-4-3-7-15-12/h3-6,8-9,18H,7H2,1-2H3. The highest BCUT2D eigenvalue weighted by molar-refractivity contribution is 6.15. The van der Waals surface area contributed by atoms with E-state index in [1.54, 1.807) is 6.92 Å². The molecule has 2 heterocycles. The average Bonchev–Trinajstić information content (AvgIpc) is 2.97. The first-order valence-electron chi connectivity index (χ1n) is 6.03. The summed E-state index contributed by atoms with van der Waals surface area (Å²) in [6.07, 6.45) is 3.55. The van der Waals surface area contributed by atoms with Crippen LogP contribution in [0.15, 0.2) is 35.3 Å². The minimum Gasteiger partial charge on any atom is -0.389 e. The van der Waals surface area contributed by atoms with Gasteiger partial charge in [-0.3, -0.25) is 9.67 Å². The van der Waals surface area contributed by atoms with Crippen molar-refractivity contribution in [2.45, 2.75) is 13.0 Å². The molecule has 1 aromatic heterocycles. The van der Waals surface area contributed by atoms with Gasteiger partial charge >= 0.3 is 0 Å². The molecule has 1 aromatic carbocycles. The molecule has 0 aliphatic carbocycles. The van der Waals surface area contributed by atoms with Crippen LogP contribution < -0.4 is 0 Å². The van der Waals surface area contributed by atoms with Gasteiger partial charge in [0.1, 0.15) is 5.69 Å². The van der Waals surface area contributed by atoms with Crippen molar-refractivity contribution >= 4 is 16.6 Å². The van der Waals surface area contributed by atoms with Crippen LogP contribution in [0, 0.1) is 0 Å². The van der Waals surface area contributed by atoms with Crippen LogP contribution in [-0.2, 0) is 7.05 Å². The van der Waals surface area contributed by atoms with Crippen molar-refractivity contribution in [1.82, 2.24) is 9.78 Å². The van der Waals surface area contributed by atoms with Gasteiger partial charge in [-0.2, -0.15) is 5.10 Å². The summed E-state index contributed by atoms with van der Waals surface area (Å²) in [5, 5.41) is 15.2. The number of allylic oxidation sites excluding steroid dienone is 1. The van der Waals surface area contributed by atoms with Crippen molar-refractivity contribution in [2.75, 3.05) is 6.54 Å². The van der Waals surface area contributed by atoms with Crippen LogP contribution in [0.25, 0.3) is 10.9 Å². The van der Waals surface area contributed by atoms with E-state index in [9.17, 15) is 5.11 Å². The average molecular weight is 241 g/mol. The molecule has 1 aliphatic rings. The SMILES string of the molecule is CC(O)c1ccc2c(c1)c(C1=NCC=C1)nn2C. The highest BCUT2D eigenvalue weighted by atomic mass is 16.3. The van der Waals surface area contributed by atoms with Gasteiger partial charge in [0.05, 0.1) is 23.9 Å². The fourth-order valence-electron chi connectivity index (χ4n) is 2.25. The number of nitrogens with zero attached hydrogens (tertiary/aromatic N) is 3. The molecule has 4 heteroatoms. The van der Waals surface area contributed by atoms with E-state index in [0.29, 0.717) is 0 Å². The molecular formula is C14H15N3O. The Bertz CT molecular complexity index is 665. The summed E-state index contributed by atoms with van der Waals surface area (Å²) >= 11 is 0. The molecule has 1 unspecified atom stereocenters. The van der Waals surface area contributed by atoms with E-state index in [1.807, 2.05) is 42.1 Å². The van der Waals surface area contributed by atoms with Gasteiger partial charge in [-0.05, 0) is 30.7 Å². The summed E-state index contributed by atoms with van der Waals surface area (Å²) in [5.41, 5.74) is 3.77. The Morgan fingerprint density at radius 2 is 2.22 bits per heavy atom. The van der Waals surface area contributed by atoms with Gasteiger partial charge in [0.25, 0.3) is 0 Å². The van der Waals surface area contributed by atoms with Gasteiger partial charge in [-0.1, -0.05) is 12.1 Å². The molecule has 2 aromatic rings. The molecule has 0 amide bonds. The fourth-order valence-corrected chi connectivity index (χ4v) is 2.25. The second-order valence-electron chi connectivity index (χ2n) is 4.55. The molecule has 0 saturated heterocycles. The number of hydrogen-bond acceptors (Lipinski definition) is 3. The summed E-state index contributed by atoms with van der Waals surface area (Å²) in [5.74, 6) is 0. The Morgan fingerprint density at radius 1 is 1.39 bits per heavy atom. The third kappa shape index (κ3) is 1.66. The van der Waals surface area contributed by atoms with Crippen molar-refractivity contribution in [3.8, 4) is 0 Å². The number of fused-ring (bicyclic) bond motifs is 1. The number of aryl methyl sites for hydroxylation is 1. The summed E-state index contributed by atoms with van der Waals surface area (Å²) in [4.78, 5) is 4.41. The van der Waals surface area contributed by atoms with Crippen LogP contribution in [-0.4, -0.2) is 27.1 Å². The Kier molecular flexibility index (Phi) is 2.52. The third-order valence-electron chi connectivity index (χ3n) is 3.24. The highest BCUT2D eigenvalue weighted by Gasteiger charge is 2.15. The van der Waals surface area contributed by atoms with Gasteiger partial charge in [-0.15, -0.1) is 0 Å². The van der Waals surface area contributed by atoms with Crippen molar-refractivity contribution in [2.24, 2.45) is 12.0 Å². The van der Waals surface area contributed by atoms with Crippen LogP contribution in [0.2, 0.25) is 0 Å². The molecule has 0 fully saturated rings.